The lowest BCUT2D eigenvalue weighted by Gasteiger charge is -2.10. The molecule has 0 unspecified atom stereocenters. The number of carbonyl (C=O) groups is 1. The molecule has 0 saturated carbocycles. The molecule has 0 bridgehead atoms. The third kappa shape index (κ3) is 3.19. The smallest absolute Gasteiger partial charge is 0.313 e. The number of methoxy groups -OCH3 is 2. The Hall–Kier alpha value is -3.35. The first-order valence-electron chi connectivity index (χ1n) is 7.13. The van der Waals surface area contributed by atoms with Gasteiger partial charge in [0.2, 0.25) is 5.89 Å². The van der Waals surface area contributed by atoms with Crippen molar-refractivity contribution in [2.75, 3.05) is 19.5 Å². The number of rotatable bonds is 5. The van der Waals surface area contributed by atoms with Crippen molar-refractivity contribution in [1.82, 2.24) is 10.2 Å². The molecule has 2 aromatic carbocycles. The first kappa shape index (κ1) is 15.5. The largest absolute Gasteiger partial charge is 0.497 e. The van der Waals surface area contributed by atoms with E-state index in [1.165, 1.54) is 14.2 Å². The first-order chi connectivity index (χ1) is 11.7. The third-order valence-electron chi connectivity index (χ3n) is 3.29. The zero-order valence-corrected chi connectivity index (χ0v) is 13.1. The van der Waals surface area contributed by atoms with Gasteiger partial charge in [-0.15, -0.1) is 10.2 Å². The Balaban J connectivity index is 1.82. The second kappa shape index (κ2) is 6.82. The highest BCUT2D eigenvalue weighted by Gasteiger charge is 2.18. The van der Waals surface area contributed by atoms with Crippen LogP contribution in [0.4, 0.5) is 5.69 Å². The van der Waals surface area contributed by atoms with E-state index in [-0.39, 0.29) is 11.8 Å². The average Bonchev–Trinajstić information content (AvgIpc) is 3.12. The number of benzene rings is 2. The molecule has 0 aliphatic carbocycles. The van der Waals surface area contributed by atoms with E-state index in [2.05, 4.69) is 15.5 Å². The number of anilines is 1. The van der Waals surface area contributed by atoms with E-state index in [0.29, 0.717) is 17.2 Å². The summed E-state index contributed by atoms with van der Waals surface area (Å²) in [4.78, 5) is 12.3. The van der Waals surface area contributed by atoms with Crippen molar-refractivity contribution in [3.05, 3.63) is 54.4 Å². The lowest BCUT2D eigenvalue weighted by atomic mass is 10.2. The fraction of sp³-hybridized carbons (Fsp3) is 0.118. The van der Waals surface area contributed by atoms with Gasteiger partial charge in [0.1, 0.15) is 11.5 Å². The van der Waals surface area contributed by atoms with Crippen LogP contribution in [0.15, 0.2) is 52.9 Å². The number of nitrogens with one attached hydrogen (secondary N) is 1. The van der Waals surface area contributed by atoms with Crippen LogP contribution in [0.5, 0.6) is 11.5 Å². The molecule has 1 heterocycles. The summed E-state index contributed by atoms with van der Waals surface area (Å²) in [6, 6.07) is 14.3. The molecule has 7 heteroatoms. The van der Waals surface area contributed by atoms with Crippen LogP contribution in [0.1, 0.15) is 10.7 Å². The SMILES string of the molecule is COc1ccc(OC)c(NC(=O)c2nnc(-c3ccccc3)o2)c1. The second-order valence-electron chi connectivity index (χ2n) is 4.80. The maximum Gasteiger partial charge on any atom is 0.313 e. The van der Waals surface area contributed by atoms with Gasteiger partial charge in [0.05, 0.1) is 19.9 Å². The quantitative estimate of drug-likeness (QED) is 0.776. The zero-order chi connectivity index (χ0) is 16.9. The van der Waals surface area contributed by atoms with E-state index < -0.39 is 5.91 Å². The van der Waals surface area contributed by atoms with Gasteiger partial charge in [-0.05, 0) is 24.3 Å². The summed E-state index contributed by atoms with van der Waals surface area (Å²) < 4.78 is 15.8. The van der Waals surface area contributed by atoms with Gasteiger partial charge in [-0.2, -0.15) is 0 Å². The molecule has 0 saturated heterocycles. The van der Waals surface area contributed by atoms with Gasteiger partial charge < -0.3 is 19.2 Å². The maximum absolute atomic E-state index is 12.3. The minimum absolute atomic E-state index is 0.140. The van der Waals surface area contributed by atoms with Gasteiger partial charge in [0.25, 0.3) is 0 Å². The maximum atomic E-state index is 12.3. The van der Waals surface area contributed by atoms with Gasteiger partial charge in [0.15, 0.2) is 0 Å². The summed E-state index contributed by atoms with van der Waals surface area (Å²) in [5.74, 6) is 0.682. The van der Waals surface area contributed by atoms with E-state index in [1.807, 2.05) is 30.3 Å². The summed E-state index contributed by atoms with van der Waals surface area (Å²) in [6.07, 6.45) is 0. The fourth-order valence-corrected chi connectivity index (χ4v) is 2.10. The van der Waals surface area contributed by atoms with Crippen molar-refractivity contribution >= 4 is 11.6 Å². The van der Waals surface area contributed by atoms with Crippen LogP contribution in [0, 0.1) is 0 Å². The Kier molecular flexibility index (Phi) is 4.42. The summed E-state index contributed by atoms with van der Waals surface area (Å²) >= 11 is 0. The number of carbonyl (C=O) groups excluding carboxylic acids is 1. The van der Waals surface area contributed by atoms with Crippen molar-refractivity contribution in [2.24, 2.45) is 0 Å². The Labute approximate surface area is 138 Å². The lowest BCUT2D eigenvalue weighted by molar-refractivity contribution is 0.0990. The van der Waals surface area contributed by atoms with Gasteiger partial charge in [0, 0.05) is 11.6 Å². The molecular weight excluding hydrogens is 310 g/mol. The van der Waals surface area contributed by atoms with Crippen LogP contribution in [0.2, 0.25) is 0 Å². The zero-order valence-electron chi connectivity index (χ0n) is 13.1. The van der Waals surface area contributed by atoms with Crippen molar-refractivity contribution in [2.45, 2.75) is 0 Å². The minimum Gasteiger partial charge on any atom is -0.497 e. The highest BCUT2D eigenvalue weighted by atomic mass is 16.5. The fourth-order valence-electron chi connectivity index (χ4n) is 2.10. The van der Waals surface area contributed by atoms with Crippen LogP contribution < -0.4 is 14.8 Å². The normalized spacial score (nSPS) is 10.2. The van der Waals surface area contributed by atoms with Crippen LogP contribution >= 0.6 is 0 Å². The molecule has 1 N–H and O–H groups in total. The van der Waals surface area contributed by atoms with E-state index in [9.17, 15) is 4.79 Å². The highest BCUT2D eigenvalue weighted by Crippen LogP contribution is 2.29. The van der Waals surface area contributed by atoms with Crippen LogP contribution in [0.3, 0.4) is 0 Å². The molecule has 122 valence electrons. The predicted molar refractivity (Wildman–Crippen MR) is 87.2 cm³/mol. The molecule has 0 radical (unpaired) electrons. The molecule has 0 fully saturated rings. The first-order valence-corrected chi connectivity index (χ1v) is 7.13. The van der Waals surface area contributed by atoms with Gasteiger partial charge in [-0.3, -0.25) is 4.79 Å². The van der Waals surface area contributed by atoms with Crippen molar-refractivity contribution in [3.8, 4) is 23.0 Å². The molecule has 7 nitrogen and oxygen atoms in total. The molecular formula is C17H15N3O4. The standard InChI is InChI=1S/C17H15N3O4/c1-22-12-8-9-14(23-2)13(10-12)18-15(21)17-20-19-16(24-17)11-6-4-3-5-7-11/h3-10H,1-2H3,(H,18,21). The van der Waals surface area contributed by atoms with Gasteiger partial charge in [-0.25, -0.2) is 0 Å². The molecule has 0 aliphatic rings. The minimum atomic E-state index is -0.531. The predicted octanol–water partition coefficient (Wildman–Crippen LogP) is 3.01. The monoisotopic (exact) mass is 325 g/mol. The summed E-state index contributed by atoms with van der Waals surface area (Å²) in [5.41, 5.74) is 1.18. The Bertz CT molecular complexity index is 846. The molecule has 1 amide bonds. The number of hydrogen-bond acceptors (Lipinski definition) is 6. The van der Waals surface area contributed by atoms with Crippen LogP contribution in [0.25, 0.3) is 11.5 Å². The van der Waals surface area contributed by atoms with Gasteiger partial charge >= 0.3 is 11.8 Å². The molecule has 3 aromatic rings. The van der Waals surface area contributed by atoms with Crippen molar-refractivity contribution in [1.29, 1.82) is 0 Å². The molecule has 0 atom stereocenters. The van der Waals surface area contributed by atoms with Crippen molar-refractivity contribution < 1.29 is 18.7 Å². The van der Waals surface area contributed by atoms with Crippen LogP contribution in [-0.4, -0.2) is 30.3 Å². The number of aromatic nitrogens is 2. The van der Waals surface area contributed by atoms with E-state index in [4.69, 9.17) is 13.9 Å². The highest BCUT2D eigenvalue weighted by molar-refractivity contribution is 6.02. The van der Waals surface area contributed by atoms with Crippen molar-refractivity contribution in [3.63, 3.8) is 0 Å². The summed E-state index contributed by atoms with van der Waals surface area (Å²) in [7, 11) is 3.05. The summed E-state index contributed by atoms with van der Waals surface area (Å²) in [6.45, 7) is 0. The number of amides is 1. The third-order valence-corrected chi connectivity index (χ3v) is 3.29. The Morgan fingerprint density at radius 1 is 1.04 bits per heavy atom. The summed E-state index contributed by atoms with van der Waals surface area (Å²) in [5, 5.41) is 10.4. The molecule has 3 rings (SSSR count). The Morgan fingerprint density at radius 3 is 2.54 bits per heavy atom. The molecule has 1 aromatic heterocycles. The van der Waals surface area contributed by atoms with E-state index in [1.54, 1.807) is 18.2 Å². The molecule has 0 aliphatic heterocycles. The average molecular weight is 325 g/mol. The van der Waals surface area contributed by atoms with E-state index >= 15 is 0 Å². The number of hydrogen-bond donors (Lipinski definition) is 1. The topological polar surface area (TPSA) is 86.5 Å². The van der Waals surface area contributed by atoms with E-state index in [0.717, 1.165) is 5.56 Å². The van der Waals surface area contributed by atoms with Gasteiger partial charge in [-0.1, -0.05) is 18.2 Å². The number of nitrogens with zero attached hydrogens (tertiary/aromatic N) is 2. The number of ether oxygens (including phenoxy) is 2. The molecule has 24 heavy (non-hydrogen) atoms. The second-order valence-corrected chi connectivity index (χ2v) is 4.80. The van der Waals surface area contributed by atoms with Crippen LogP contribution in [-0.2, 0) is 0 Å². The molecule has 0 spiro atoms. The lowest BCUT2D eigenvalue weighted by Crippen LogP contribution is -2.13. The Morgan fingerprint density at radius 2 is 1.83 bits per heavy atom.